The first-order valence-electron chi connectivity index (χ1n) is 6.76. The first-order chi connectivity index (χ1) is 8.31. The van der Waals surface area contributed by atoms with Crippen molar-refractivity contribution in [3.05, 3.63) is 29.8 Å². The van der Waals surface area contributed by atoms with Crippen molar-refractivity contribution in [3.8, 4) is 5.75 Å². The van der Waals surface area contributed by atoms with Crippen LogP contribution in [0.1, 0.15) is 50.0 Å². The average molecular weight is 232 g/mol. The lowest BCUT2D eigenvalue weighted by Crippen LogP contribution is -2.18. The molecule has 92 valence electrons. The summed E-state index contributed by atoms with van der Waals surface area (Å²) in [7, 11) is 0. The van der Waals surface area contributed by atoms with Gasteiger partial charge in [0, 0.05) is 0 Å². The Labute approximate surface area is 103 Å². The van der Waals surface area contributed by atoms with E-state index in [1.54, 1.807) is 0 Å². The van der Waals surface area contributed by atoms with Crippen LogP contribution in [0.2, 0.25) is 0 Å². The van der Waals surface area contributed by atoms with Crippen LogP contribution in [0.3, 0.4) is 0 Å². The van der Waals surface area contributed by atoms with Crippen molar-refractivity contribution in [2.45, 2.75) is 56.7 Å². The molecule has 2 atom stereocenters. The highest BCUT2D eigenvalue weighted by atomic mass is 16.5. The summed E-state index contributed by atoms with van der Waals surface area (Å²) in [5.41, 5.74) is 1.34. The van der Waals surface area contributed by atoms with Crippen molar-refractivity contribution < 1.29 is 9.84 Å². The third-order valence-corrected chi connectivity index (χ3v) is 3.80. The number of aliphatic hydroxyl groups excluding tert-OH is 1. The largest absolute Gasteiger partial charge is 0.490 e. The maximum Gasteiger partial charge on any atom is 0.119 e. The van der Waals surface area contributed by atoms with E-state index in [9.17, 15) is 5.11 Å². The lowest BCUT2D eigenvalue weighted by molar-refractivity contribution is 0.119. The molecule has 0 saturated heterocycles. The first-order valence-corrected chi connectivity index (χ1v) is 6.76. The number of rotatable bonds is 3. The highest BCUT2D eigenvalue weighted by Crippen LogP contribution is 2.35. The Balaban J connectivity index is 1.72. The summed E-state index contributed by atoms with van der Waals surface area (Å²) in [6.45, 7) is 0. The zero-order chi connectivity index (χ0) is 11.7. The molecule has 0 spiro atoms. The normalized spacial score (nSPS) is 29.0. The molecule has 0 heterocycles. The number of ether oxygens (including phenoxy) is 1. The molecule has 17 heavy (non-hydrogen) atoms. The highest BCUT2D eigenvalue weighted by Gasteiger charge is 2.25. The van der Waals surface area contributed by atoms with Crippen molar-refractivity contribution in [1.82, 2.24) is 0 Å². The third kappa shape index (κ3) is 2.81. The summed E-state index contributed by atoms with van der Waals surface area (Å²) in [4.78, 5) is 0. The standard InChI is InChI=1S/C15H20O2/c16-13-5-1-3-11(9-13)12-4-2-6-15(10-12)17-14-7-8-14/h2,4,6,10-11,13-14,16H,1,3,5,7-9H2. The Bertz CT molecular complexity index is 384. The Morgan fingerprint density at radius 3 is 2.76 bits per heavy atom. The van der Waals surface area contributed by atoms with E-state index in [2.05, 4.69) is 18.2 Å². The minimum Gasteiger partial charge on any atom is -0.490 e. The molecule has 2 aliphatic carbocycles. The van der Waals surface area contributed by atoms with Gasteiger partial charge in [0.15, 0.2) is 0 Å². The molecule has 2 heteroatoms. The van der Waals surface area contributed by atoms with E-state index < -0.39 is 0 Å². The summed E-state index contributed by atoms with van der Waals surface area (Å²) in [5, 5.41) is 9.73. The number of hydrogen-bond donors (Lipinski definition) is 1. The Hall–Kier alpha value is -1.02. The number of benzene rings is 1. The van der Waals surface area contributed by atoms with Crippen molar-refractivity contribution in [2.24, 2.45) is 0 Å². The van der Waals surface area contributed by atoms with Crippen LogP contribution >= 0.6 is 0 Å². The molecule has 3 rings (SSSR count). The van der Waals surface area contributed by atoms with Gasteiger partial charge in [0.2, 0.25) is 0 Å². The van der Waals surface area contributed by atoms with E-state index >= 15 is 0 Å². The van der Waals surface area contributed by atoms with Crippen molar-refractivity contribution >= 4 is 0 Å². The smallest absolute Gasteiger partial charge is 0.119 e. The first kappa shape index (κ1) is 11.1. The SMILES string of the molecule is OC1CCCC(c2cccc(OC3CC3)c2)C1. The van der Waals surface area contributed by atoms with E-state index in [1.165, 1.54) is 24.8 Å². The maximum atomic E-state index is 9.73. The molecule has 2 unspecified atom stereocenters. The van der Waals surface area contributed by atoms with Gasteiger partial charge in [0.05, 0.1) is 12.2 Å². The van der Waals surface area contributed by atoms with Gasteiger partial charge in [-0.1, -0.05) is 18.6 Å². The molecular weight excluding hydrogens is 212 g/mol. The average Bonchev–Trinajstić information content (AvgIpc) is 3.13. The second-order valence-electron chi connectivity index (χ2n) is 5.41. The third-order valence-electron chi connectivity index (χ3n) is 3.80. The van der Waals surface area contributed by atoms with Crippen molar-refractivity contribution in [3.63, 3.8) is 0 Å². The molecule has 2 aliphatic rings. The summed E-state index contributed by atoms with van der Waals surface area (Å²) in [6.07, 6.45) is 6.97. The summed E-state index contributed by atoms with van der Waals surface area (Å²) >= 11 is 0. The Kier molecular flexibility index (Phi) is 3.06. The highest BCUT2D eigenvalue weighted by molar-refractivity contribution is 5.31. The molecule has 0 amide bonds. The van der Waals surface area contributed by atoms with E-state index in [1.807, 2.05) is 6.07 Å². The fourth-order valence-corrected chi connectivity index (χ4v) is 2.69. The van der Waals surface area contributed by atoms with Gasteiger partial charge in [-0.05, 0) is 55.7 Å². The minimum atomic E-state index is -0.109. The van der Waals surface area contributed by atoms with Gasteiger partial charge in [-0.2, -0.15) is 0 Å². The van der Waals surface area contributed by atoms with E-state index in [0.717, 1.165) is 25.0 Å². The van der Waals surface area contributed by atoms with Gasteiger partial charge in [-0.25, -0.2) is 0 Å². The van der Waals surface area contributed by atoms with Gasteiger partial charge in [-0.15, -0.1) is 0 Å². The van der Waals surface area contributed by atoms with Crippen LogP contribution in [-0.4, -0.2) is 17.3 Å². The Morgan fingerprint density at radius 1 is 1.12 bits per heavy atom. The molecule has 0 aliphatic heterocycles. The number of hydrogen-bond acceptors (Lipinski definition) is 2. The Morgan fingerprint density at radius 2 is 2.00 bits per heavy atom. The fourth-order valence-electron chi connectivity index (χ4n) is 2.69. The zero-order valence-corrected chi connectivity index (χ0v) is 10.1. The molecule has 2 saturated carbocycles. The monoisotopic (exact) mass is 232 g/mol. The van der Waals surface area contributed by atoms with Gasteiger partial charge >= 0.3 is 0 Å². The zero-order valence-electron chi connectivity index (χ0n) is 10.1. The van der Waals surface area contributed by atoms with E-state index in [0.29, 0.717) is 12.0 Å². The van der Waals surface area contributed by atoms with Crippen LogP contribution in [0.4, 0.5) is 0 Å². The molecule has 2 fully saturated rings. The lowest BCUT2D eigenvalue weighted by atomic mass is 9.82. The van der Waals surface area contributed by atoms with Crippen molar-refractivity contribution in [2.75, 3.05) is 0 Å². The molecule has 1 aromatic rings. The minimum absolute atomic E-state index is 0.109. The van der Waals surface area contributed by atoms with Crippen molar-refractivity contribution in [1.29, 1.82) is 0 Å². The maximum absolute atomic E-state index is 9.73. The van der Waals surface area contributed by atoms with Gasteiger partial charge < -0.3 is 9.84 Å². The van der Waals surface area contributed by atoms with Gasteiger partial charge in [0.25, 0.3) is 0 Å². The predicted molar refractivity (Wildman–Crippen MR) is 67.3 cm³/mol. The summed E-state index contributed by atoms with van der Waals surface area (Å²) < 4.78 is 5.82. The second kappa shape index (κ2) is 4.69. The molecule has 1 N–H and O–H groups in total. The lowest BCUT2D eigenvalue weighted by Gasteiger charge is -2.26. The summed E-state index contributed by atoms with van der Waals surface area (Å²) in [6, 6.07) is 8.46. The van der Waals surface area contributed by atoms with Gasteiger partial charge in [0.1, 0.15) is 5.75 Å². The predicted octanol–water partition coefficient (Wildman–Crippen LogP) is 3.25. The van der Waals surface area contributed by atoms with Crippen LogP contribution in [0.25, 0.3) is 0 Å². The van der Waals surface area contributed by atoms with Crippen LogP contribution in [0.5, 0.6) is 5.75 Å². The van der Waals surface area contributed by atoms with Crippen LogP contribution < -0.4 is 4.74 Å². The molecule has 1 aromatic carbocycles. The molecule has 0 aromatic heterocycles. The molecule has 0 radical (unpaired) electrons. The number of aliphatic hydroxyl groups is 1. The van der Waals surface area contributed by atoms with Gasteiger partial charge in [-0.3, -0.25) is 0 Å². The quantitative estimate of drug-likeness (QED) is 0.867. The topological polar surface area (TPSA) is 29.5 Å². The van der Waals surface area contributed by atoms with Crippen LogP contribution in [0.15, 0.2) is 24.3 Å². The molecule has 0 bridgehead atoms. The molecule has 2 nitrogen and oxygen atoms in total. The van der Waals surface area contributed by atoms with E-state index in [4.69, 9.17) is 4.74 Å². The van der Waals surface area contributed by atoms with Crippen LogP contribution in [0, 0.1) is 0 Å². The summed E-state index contributed by atoms with van der Waals surface area (Å²) in [5.74, 6) is 1.52. The second-order valence-corrected chi connectivity index (χ2v) is 5.41. The van der Waals surface area contributed by atoms with E-state index in [-0.39, 0.29) is 6.10 Å². The van der Waals surface area contributed by atoms with Crippen LogP contribution in [-0.2, 0) is 0 Å². The molecular formula is C15H20O2. The fraction of sp³-hybridized carbons (Fsp3) is 0.600.